The molecule has 2 aliphatic rings. The van der Waals surface area contributed by atoms with Gasteiger partial charge in [0.05, 0.1) is 11.9 Å². The number of hydrogen-bond acceptors (Lipinski definition) is 7. The van der Waals surface area contributed by atoms with E-state index in [2.05, 4.69) is 25.9 Å². The van der Waals surface area contributed by atoms with Crippen molar-refractivity contribution in [1.82, 2.24) is 15.3 Å². The molecule has 41 heavy (non-hydrogen) atoms. The van der Waals surface area contributed by atoms with E-state index in [1.807, 2.05) is 36.1 Å². The summed E-state index contributed by atoms with van der Waals surface area (Å²) in [5, 5.41) is 8.33. The zero-order valence-electron chi connectivity index (χ0n) is 22.6. The Hall–Kier alpha value is -4.29. The number of nitrogens with zero attached hydrogens (tertiary/aromatic N) is 4. The van der Waals surface area contributed by atoms with Gasteiger partial charge in [-0.3, -0.25) is 4.79 Å². The van der Waals surface area contributed by atoms with Crippen LogP contribution in [0.3, 0.4) is 0 Å². The summed E-state index contributed by atoms with van der Waals surface area (Å²) < 4.78 is 46.2. The van der Waals surface area contributed by atoms with Crippen molar-refractivity contribution in [1.29, 1.82) is 0 Å². The SMILES string of the molecule is Cc1ccccc1NC(=O)NC1CCN(c2ccc(NC(=O)c3oc(N4CCCCC4)nc3C(F)(F)F)cn2)CC1. The molecule has 2 fully saturated rings. The van der Waals surface area contributed by atoms with Gasteiger partial charge in [-0.2, -0.15) is 18.2 Å². The largest absolute Gasteiger partial charge is 0.437 e. The van der Waals surface area contributed by atoms with Gasteiger partial charge >= 0.3 is 12.2 Å². The van der Waals surface area contributed by atoms with E-state index in [1.165, 1.54) is 6.20 Å². The topological polar surface area (TPSA) is 116 Å². The Labute approximate surface area is 235 Å². The van der Waals surface area contributed by atoms with Crippen LogP contribution in [0.5, 0.6) is 0 Å². The summed E-state index contributed by atoms with van der Waals surface area (Å²) >= 11 is 0. The lowest BCUT2D eigenvalue weighted by molar-refractivity contribution is -0.141. The molecule has 1 aromatic carbocycles. The number of benzene rings is 1. The first-order chi connectivity index (χ1) is 19.7. The van der Waals surface area contributed by atoms with Crippen molar-refractivity contribution in [3.8, 4) is 0 Å². The number of aryl methyl sites for hydroxylation is 1. The number of amides is 3. The van der Waals surface area contributed by atoms with E-state index in [1.54, 1.807) is 17.0 Å². The summed E-state index contributed by atoms with van der Waals surface area (Å²) in [5.74, 6) is -1.25. The normalized spacial score (nSPS) is 16.4. The number of piperidine rings is 2. The molecule has 0 bridgehead atoms. The number of anilines is 4. The van der Waals surface area contributed by atoms with Crippen molar-refractivity contribution in [3.63, 3.8) is 0 Å². The second-order valence-electron chi connectivity index (χ2n) is 10.3. The average Bonchev–Trinajstić information content (AvgIpc) is 3.43. The highest BCUT2D eigenvalue weighted by atomic mass is 19.4. The lowest BCUT2D eigenvalue weighted by atomic mass is 10.1. The van der Waals surface area contributed by atoms with E-state index in [0.717, 1.165) is 30.5 Å². The average molecular weight is 572 g/mol. The maximum Gasteiger partial charge on any atom is 0.437 e. The molecule has 218 valence electrons. The lowest BCUT2D eigenvalue weighted by Gasteiger charge is -2.33. The number of carbonyl (C=O) groups excluding carboxylic acids is 2. The maximum absolute atomic E-state index is 13.6. The number of urea groups is 1. The predicted molar refractivity (Wildman–Crippen MR) is 148 cm³/mol. The van der Waals surface area contributed by atoms with Gasteiger partial charge < -0.3 is 30.2 Å². The molecular weight excluding hydrogens is 539 g/mol. The molecule has 2 aliphatic heterocycles. The van der Waals surface area contributed by atoms with Gasteiger partial charge in [0.25, 0.3) is 11.9 Å². The Kier molecular flexibility index (Phi) is 8.31. The van der Waals surface area contributed by atoms with Crippen molar-refractivity contribution >= 4 is 35.1 Å². The molecule has 0 unspecified atom stereocenters. The van der Waals surface area contributed by atoms with Gasteiger partial charge in [-0.05, 0) is 62.8 Å². The fourth-order valence-corrected chi connectivity index (χ4v) is 5.02. The highest BCUT2D eigenvalue weighted by molar-refractivity contribution is 6.03. The van der Waals surface area contributed by atoms with Gasteiger partial charge in [-0.25, -0.2) is 9.78 Å². The molecule has 0 atom stereocenters. The number of carbonyl (C=O) groups is 2. The molecule has 0 spiro atoms. The Morgan fingerprint density at radius 2 is 1.68 bits per heavy atom. The number of pyridine rings is 1. The second-order valence-corrected chi connectivity index (χ2v) is 10.3. The smallest absolute Gasteiger partial charge is 0.417 e. The van der Waals surface area contributed by atoms with Crippen LogP contribution in [-0.2, 0) is 6.18 Å². The van der Waals surface area contributed by atoms with Crippen LogP contribution in [0.25, 0.3) is 0 Å². The molecule has 3 amide bonds. The summed E-state index contributed by atoms with van der Waals surface area (Å²) in [6, 6.07) is 10.4. The first-order valence-corrected chi connectivity index (χ1v) is 13.7. The van der Waals surface area contributed by atoms with Gasteiger partial charge in [0, 0.05) is 37.9 Å². The van der Waals surface area contributed by atoms with Crippen molar-refractivity contribution in [2.45, 2.75) is 51.2 Å². The monoisotopic (exact) mass is 571 g/mol. The highest BCUT2D eigenvalue weighted by Gasteiger charge is 2.42. The molecule has 2 aromatic heterocycles. The standard InChI is InChI=1S/C28H32F3N7O3/c1-18-7-3-4-8-21(18)35-26(40)34-19-11-15-37(16-12-19)22-10-9-20(17-32-22)33-25(39)23-24(28(29,30)31)36-27(41-23)38-13-5-2-6-14-38/h3-4,7-10,17,19H,2,5-6,11-16H2,1H3,(H,33,39)(H2,34,35,40). The minimum Gasteiger partial charge on any atom is -0.417 e. The fourth-order valence-electron chi connectivity index (χ4n) is 5.02. The van der Waals surface area contributed by atoms with Gasteiger partial charge in [-0.15, -0.1) is 0 Å². The van der Waals surface area contributed by atoms with Crippen molar-refractivity contribution in [2.24, 2.45) is 0 Å². The first kappa shape index (κ1) is 28.2. The van der Waals surface area contributed by atoms with Crippen molar-refractivity contribution in [3.05, 3.63) is 59.6 Å². The molecule has 0 saturated carbocycles. The lowest BCUT2D eigenvalue weighted by Crippen LogP contribution is -2.46. The summed E-state index contributed by atoms with van der Waals surface area (Å²) in [6.45, 7) is 4.29. The quantitative estimate of drug-likeness (QED) is 0.361. The number of halogens is 3. The molecule has 4 heterocycles. The van der Waals surface area contributed by atoms with Crippen molar-refractivity contribution in [2.75, 3.05) is 46.6 Å². The van der Waals surface area contributed by atoms with Gasteiger partial charge in [0.15, 0.2) is 5.69 Å². The number of aromatic nitrogens is 2. The Morgan fingerprint density at radius 3 is 2.34 bits per heavy atom. The van der Waals surface area contributed by atoms with Gasteiger partial charge in [0.2, 0.25) is 5.76 Å². The minimum absolute atomic E-state index is 0.00777. The zero-order chi connectivity index (χ0) is 29.0. The molecule has 10 nitrogen and oxygen atoms in total. The summed E-state index contributed by atoms with van der Waals surface area (Å²) in [5.41, 5.74) is 0.627. The predicted octanol–water partition coefficient (Wildman–Crippen LogP) is 5.43. The molecule has 3 N–H and O–H groups in total. The van der Waals surface area contributed by atoms with E-state index >= 15 is 0 Å². The molecular formula is C28H32F3N7O3. The zero-order valence-corrected chi connectivity index (χ0v) is 22.6. The number of hydrogen-bond donors (Lipinski definition) is 3. The number of alkyl halides is 3. The minimum atomic E-state index is -4.84. The van der Waals surface area contributed by atoms with Crippen LogP contribution in [0.1, 0.15) is 53.9 Å². The Morgan fingerprint density at radius 1 is 0.951 bits per heavy atom. The van der Waals surface area contributed by atoms with Crippen LogP contribution < -0.4 is 25.8 Å². The van der Waals surface area contributed by atoms with E-state index in [9.17, 15) is 22.8 Å². The molecule has 0 aliphatic carbocycles. The van der Waals surface area contributed by atoms with Crippen LogP contribution in [0, 0.1) is 6.92 Å². The molecule has 0 radical (unpaired) electrons. The molecule has 2 saturated heterocycles. The van der Waals surface area contributed by atoms with Crippen LogP contribution in [-0.4, -0.2) is 54.1 Å². The van der Waals surface area contributed by atoms with Gasteiger partial charge in [0.1, 0.15) is 5.82 Å². The summed E-state index contributed by atoms with van der Waals surface area (Å²) in [4.78, 5) is 36.9. The van der Waals surface area contributed by atoms with Crippen LogP contribution in [0.2, 0.25) is 0 Å². The van der Waals surface area contributed by atoms with Gasteiger partial charge in [-0.1, -0.05) is 18.2 Å². The van der Waals surface area contributed by atoms with Crippen LogP contribution >= 0.6 is 0 Å². The van der Waals surface area contributed by atoms with E-state index < -0.39 is 23.5 Å². The van der Waals surface area contributed by atoms with E-state index in [-0.39, 0.29) is 23.8 Å². The molecule has 3 aromatic rings. The van der Waals surface area contributed by atoms with Crippen molar-refractivity contribution < 1.29 is 27.2 Å². The third-order valence-electron chi connectivity index (χ3n) is 7.27. The molecule has 13 heteroatoms. The summed E-state index contributed by atoms with van der Waals surface area (Å²) in [6.07, 6.45) is 0.609. The highest BCUT2D eigenvalue weighted by Crippen LogP contribution is 2.35. The first-order valence-electron chi connectivity index (χ1n) is 13.7. The van der Waals surface area contributed by atoms with E-state index in [0.29, 0.717) is 44.8 Å². The number of para-hydroxylation sites is 1. The fraction of sp³-hybridized carbons (Fsp3) is 0.429. The third-order valence-corrected chi connectivity index (χ3v) is 7.27. The Bertz CT molecular complexity index is 1360. The molecule has 5 rings (SSSR count). The number of oxazole rings is 1. The van der Waals surface area contributed by atoms with E-state index in [4.69, 9.17) is 4.42 Å². The number of nitrogens with one attached hydrogen (secondary N) is 3. The van der Waals surface area contributed by atoms with Crippen LogP contribution in [0.15, 0.2) is 47.0 Å². The Balaban J connectivity index is 1.16. The maximum atomic E-state index is 13.6. The second kappa shape index (κ2) is 12.1. The third kappa shape index (κ3) is 6.90. The summed E-state index contributed by atoms with van der Waals surface area (Å²) in [7, 11) is 0. The van der Waals surface area contributed by atoms with Crippen LogP contribution in [0.4, 0.5) is 41.2 Å². The number of rotatable bonds is 6.